The van der Waals surface area contributed by atoms with Gasteiger partial charge in [-0.2, -0.15) is 0 Å². The fourth-order valence-corrected chi connectivity index (χ4v) is 3.14. The first-order valence-corrected chi connectivity index (χ1v) is 8.74. The van der Waals surface area contributed by atoms with Crippen molar-refractivity contribution in [3.8, 4) is 5.75 Å². The molecule has 118 valence electrons. The van der Waals surface area contributed by atoms with E-state index in [0.717, 1.165) is 18.1 Å². The predicted molar refractivity (Wildman–Crippen MR) is 91.1 cm³/mol. The van der Waals surface area contributed by atoms with Crippen LogP contribution in [0.3, 0.4) is 0 Å². The SMILES string of the molecule is CCC1CCCC(Nc2cccc(OC(C)CC)c2)CC1. The molecule has 1 aromatic carbocycles. The summed E-state index contributed by atoms with van der Waals surface area (Å²) in [6.45, 7) is 6.60. The zero-order valence-electron chi connectivity index (χ0n) is 13.9. The third-order valence-corrected chi connectivity index (χ3v) is 4.78. The third-order valence-electron chi connectivity index (χ3n) is 4.78. The Labute approximate surface area is 130 Å². The van der Waals surface area contributed by atoms with Crippen LogP contribution in [0.5, 0.6) is 5.75 Å². The molecular formula is C19H31NO. The summed E-state index contributed by atoms with van der Waals surface area (Å²) in [5.74, 6) is 1.92. The predicted octanol–water partition coefficient (Wildman–Crippen LogP) is 5.63. The number of rotatable bonds is 6. The number of hydrogen-bond donors (Lipinski definition) is 1. The summed E-state index contributed by atoms with van der Waals surface area (Å²) in [6.07, 6.45) is 9.40. The summed E-state index contributed by atoms with van der Waals surface area (Å²) in [7, 11) is 0. The first-order chi connectivity index (χ1) is 10.2. The molecule has 1 aromatic rings. The van der Waals surface area contributed by atoms with Gasteiger partial charge in [-0.05, 0) is 50.7 Å². The lowest BCUT2D eigenvalue weighted by Gasteiger charge is -2.19. The van der Waals surface area contributed by atoms with Gasteiger partial charge in [-0.15, -0.1) is 0 Å². The molecule has 1 saturated carbocycles. The molecule has 0 saturated heterocycles. The van der Waals surface area contributed by atoms with Crippen molar-refractivity contribution in [3.05, 3.63) is 24.3 Å². The van der Waals surface area contributed by atoms with Gasteiger partial charge < -0.3 is 10.1 Å². The average molecular weight is 289 g/mol. The Hall–Kier alpha value is -1.18. The Balaban J connectivity index is 1.91. The summed E-state index contributed by atoms with van der Waals surface area (Å²) < 4.78 is 5.91. The van der Waals surface area contributed by atoms with E-state index in [0.29, 0.717) is 6.04 Å². The van der Waals surface area contributed by atoms with Crippen LogP contribution in [-0.4, -0.2) is 12.1 Å². The monoisotopic (exact) mass is 289 g/mol. The normalized spacial score (nSPS) is 24.1. The van der Waals surface area contributed by atoms with E-state index in [1.54, 1.807) is 0 Å². The van der Waals surface area contributed by atoms with E-state index in [1.807, 2.05) is 0 Å². The highest BCUT2D eigenvalue weighted by Crippen LogP contribution is 2.28. The zero-order valence-corrected chi connectivity index (χ0v) is 13.9. The van der Waals surface area contributed by atoms with E-state index in [1.165, 1.54) is 44.2 Å². The molecule has 21 heavy (non-hydrogen) atoms. The van der Waals surface area contributed by atoms with Gasteiger partial charge in [0, 0.05) is 17.8 Å². The minimum atomic E-state index is 0.281. The Morgan fingerprint density at radius 3 is 2.81 bits per heavy atom. The van der Waals surface area contributed by atoms with Crippen molar-refractivity contribution in [1.29, 1.82) is 0 Å². The van der Waals surface area contributed by atoms with Gasteiger partial charge in [0.2, 0.25) is 0 Å². The Kier molecular flexibility index (Phi) is 6.41. The van der Waals surface area contributed by atoms with Crippen LogP contribution < -0.4 is 10.1 Å². The van der Waals surface area contributed by atoms with Gasteiger partial charge >= 0.3 is 0 Å². The lowest BCUT2D eigenvalue weighted by atomic mass is 9.98. The van der Waals surface area contributed by atoms with Gasteiger partial charge in [-0.25, -0.2) is 0 Å². The van der Waals surface area contributed by atoms with Crippen molar-refractivity contribution in [2.75, 3.05) is 5.32 Å². The topological polar surface area (TPSA) is 21.3 Å². The summed E-state index contributed by atoms with van der Waals surface area (Å²) in [5, 5.41) is 3.72. The van der Waals surface area contributed by atoms with E-state index in [2.05, 4.69) is 50.4 Å². The van der Waals surface area contributed by atoms with Gasteiger partial charge in [-0.3, -0.25) is 0 Å². The smallest absolute Gasteiger partial charge is 0.121 e. The van der Waals surface area contributed by atoms with E-state index in [9.17, 15) is 0 Å². The van der Waals surface area contributed by atoms with Crippen molar-refractivity contribution >= 4 is 5.69 Å². The first-order valence-electron chi connectivity index (χ1n) is 8.74. The van der Waals surface area contributed by atoms with Crippen molar-refractivity contribution in [3.63, 3.8) is 0 Å². The van der Waals surface area contributed by atoms with Gasteiger partial charge in [0.15, 0.2) is 0 Å². The second-order valence-electron chi connectivity index (χ2n) is 6.49. The minimum Gasteiger partial charge on any atom is -0.491 e. The highest BCUT2D eigenvalue weighted by atomic mass is 16.5. The molecule has 3 atom stereocenters. The summed E-state index contributed by atoms with van der Waals surface area (Å²) in [6, 6.07) is 9.07. The molecule has 0 bridgehead atoms. The minimum absolute atomic E-state index is 0.281. The second-order valence-corrected chi connectivity index (χ2v) is 6.49. The molecule has 2 nitrogen and oxygen atoms in total. The van der Waals surface area contributed by atoms with Crippen LogP contribution in [0.4, 0.5) is 5.69 Å². The maximum Gasteiger partial charge on any atom is 0.121 e. The maximum atomic E-state index is 5.91. The van der Waals surface area contributed by atoms with E-state index in [-0.39, 0.29) is 6.10 Å². The summed E-state index contributed by atoms with van der Waals surface area (Å²) >= 11 is 0. The fourth-order valence-electron chi connectivity index (χ4n) is 3.14. The van der Waals surface area contributed by atoms with Crippen LogP contribution in [0.2, 0.25) is 0 Å². The Morgan fingerprint density at radius 1 is 1.19 bits per heavy atom. The number of hydrogen-bond acceptors (Lipinski definition) is 2. The molecule has 1 N–H and O–H groups in total. The molecule has 2 heteroatoms. The van der Waals surface area contributed by atoms with Crippen LogP contribution in [0, 0.1) is 5.92 Å². The molecular weight excluding hydrogens is 258 g/mol. The third kappa shape index (κ3) is 5.26. The highest BCUT2D eigenvalue weighted by Gasteiger charge is 2.17. The van der Waals surface area contributed by atoms with E-state index >= 15 is 0 Å². The molecule has 0 heterocycles. The molecule has 0 amide bonds. The van der Waals surface area contributed by atoms with E-state index in [4.69, 9.17) is 4.74 Å². The van der Waals surface area contributed by atoms with E-state index < -0.39 is 0 Å². The van der Waals surface area contributed by atoms with Crippen LogP contribution in [-0.2, 0) is 0 Å². The number of benzene rings is 1. The quantitative estimate of drug-likeness (QED) is 0.685. The number of nitrogens with one attached hydrogen (secondary N) is 1. The van der Waals surface area contributed by atoms with Crippen molar-refractivity contribution in [1.82, 2.24) is 0 Å². The molecule has 2 rings (SSSR count). The molecule has 0 radical (unpaired) electrons. The van der Waals surface area contributed by atoms with Gasteiger partial charge in [0.25, 0.3) is 0 Å². The maximum absolute atomic E-state index is 5.91. The molecule has 1 aliphatic carbocycles. The summed E-state index contributed by atoms with van der Waals surface area (Å²) in [4.78, 5) is 0. The van der Waals surface area contributed by atoms with Crippen LogP contribution in [0.15, 0.2) is 24.3 Å². The number of ether oxygens (including phenoxy) is 1. The van der Waals surface area contributed by atoms with Crippen LogP contribution in [0.25, 0.3) is 0 Å². The second kappa shape index (κ2) is 8.31. The molecule has 3 unspecified atom stereocenters. The highest BCUT2D eigenvalue weighted by molar-refractivity contribution is 5.48. The van der Waals surface area contributed by atoms with Crippen LogP contribution >= 0.6 is 0 Å². The van der Waals surface area contributed by atoms with Gasteiger partial charge in [0.1, 0.15) is 5.75 Å². The average Bonchev–Trinajstić information content (AvgIpc) is 2.72. The lowest BCUT2D eigenvalue weighted by Crippen LogP contribution is -2.18. The Bertz CT molecular complexity index is 418. The van der Waals surface area contributed by atoms with Gasteiger partial charge in [0.05, 0.1) is 6.10 Å². The standard InChI is InChI=1S/C19H31NO/c1-4-15(3)21-19-11-7-10-18(14-19)20-17-9-6-8-16(5-2)12-13-17/h7,10-11,14-17,20H,4-6,8-9,12-13H2,1-3H3. The molecule has 0 spiro atoms. The van der Waals surface area contributed by atoms with Gasteiger partial charge in [-0.1, -0.05) is 39.2 Å². The first kappa shape index (κ1) is 16.2. The molecule has 0 aromatic heterocycles. The number of anilines is 1. The largest absolute Gasteiger partial charge is 0.491 e. The van der Waals surface area contributed by atoms with Crippen molar-refractivity contribution in [2.24, 2.45) is 5.92 Å². The van der Waals surface area contributed by atoms with Crippen molar-refractivity contribution < 1.29 is 4.74 Å². The molecule has 1 aliphatic rings. The zero-order chi connectivity index (χ0) is 15.1. The molecule has 0 aliphatic heterocycles. The van der Waals surface area contributed by atoms with Crippen molar-refractivity contribution in [2.45, 2.75) is 77.9 Å². The summed E-state index contributed by atoms with van der Waals surface area (Å²) in [5.41, 5.74) is 1.20. The fraction of sp³-hybridized carbons (Fsp3) is 0.684. The Morgan fingerprint density at radius 2 is 2.05 bits per heavy atom. The lowest BCUT2D eigenvalue weighted by molar-refractivity contribution is 0.217. The van der Waals surface area contributed by atoms with Crippen LogP contribution in [0.1, 0.15) is 65.7 Å². The molecule has 1 fully saturated rings.